The second kappa shape index (κ2) is 4.45. The third-order valence-electron chi connectivity index (χ3n) is 2.00. The number of thiazole rings is 1. The highest BCUT2D eigenvalue weighted by atomic mass is 35.5. The molecular weight excluding hydrogens is 256 g/mol. The number of benzene rings is 1. The van der Waals surface area contributed by atoms with Crippen molar-refractivity contribution in [1.82, 2.24) is 4.98 Å². The summed E-state index contributed by atoms with van der Waals surface area (Å²) < 4.78 is 26.4. The SMILES string of the molecule is OCc1sc(Cl)nc1-c1ccc(F)cc1F. The Kier molecular flexibility index (Phi) is 3.18. The zero-order valence-electron chi connectivity index (χ0n) is 7.88. The Hall–Kier alpha value is -1.04. The lowest BCUT2D eigenvalue weighted by Gasteiger charge is -2.01. The van der Waals surface area contributed by atoms with Gasteiger partial charge in [-0.3, -0.25) is 0 Å². The molecular formula is C10H6ClF2NOS. The first-order valence-electron chi connectivity index (χ1n) is 4.33. The predicted molar refractivity (Wildman–Crippen MR) is 58.4 cm³/mol. The molecule has 1 heterocycles. The van der Waals surface area contributed by atoms with Crippen LogP contribution in [0.4, 0.5) is 8.78 Å². The van der Waals surface area contributed by atoms with Crippen LogP contribution in [0.1, 0.15) is 4.88 Å². The van der Waals surface area contributed by atoms with E-state index in [1.165, 1.54) is 6.07 Å². The first kappa shape index (κ1) is 11.4. The van der Waals surface area contributed by atoms with Gasteiger partial charge in [-0.1, -0.05) is 11.6 Å². The van der Waals surface area contributed by atoms with Crippen LogP contribution in [-0.4, -0.2) is 10.1 Å². The Morgan fingerprint density at radius 1 is 1.38 bits per heavy atom. The topological polar surface area (TPSA) is 33.1 Å². The van der Waals surface area contributed by atoms with Crippen LogP contribution in [0, 0.1) is 11.6 Å². The highest BCUT2D eigenvalue weighted by molar-refractivity contribution is 7.16. The molecule has 6 heteroatoms. The van der Waals surface area contributed by atoms with Crippen molar-refractivity contribution in [2.45, 2.75) is 6.61 Å². The van der Waals surface area contributed by atoms with Gasteiger partial charge in [0.05, 0.1) is 17.2 Å². The summed E-state index contributed by atoms with van der Waals surface area (Å²) in [5, 5.41) is 9.05. The van der Waals surface area contributed by atoms with Crippen molar-refractivity contribution in [3.8, 4) is 11.3 Å². The maximum atomic E-state index is 13.5. The molecule has 0 aliphatic heterocycles. The Balaban J connectivity index is 2.57. The van der Waals surface area contributed by atoms with Crippen molar-refractivity contribution in [2.24, 2.45) is 0 Å². The number of aliphatic hydroxyl groups excluding tert-OH is 1. The number of hydrogen-bond donors (Lipinski definition) is 1. The average Bonchev–Trinajstić information content (AvgIpc) is 2.59. The van der Waals surface area contributed by atoms with Crippen molar-refractivity contribution >= 4 is 22.9 Å². The normalized spacial score (nSPS) is 10.8. The number of halogens is 3. The molecule has 0 radical (unpaired) electrons. The second-order valence-electron chi connectivity index (χ2n) is 3.02. The molecule has 0 aliphatic carbocycles. The summed E-state index contributed by atoms with van der Waals surface area (Å²) in [6.45, 7) is -0.281. The fraction of sp³-hybridized carbons (Fsp3) is 0.100. The van der Waals surface area contributed by atoms with Gasteiger partial charge in [-0.15, -0.1) is 11.3 Å². The fourth-order valence-electron chi connectivity index (χ4n) is 1.32. The molecule has 2 rings (SSSR count). The van der Waals surface area contributed by atoms with Gasteiger partial charge >= 0.3 is 0 Å². The lowest BCUT2D eigenvalue weighted by molar-refractivity contribution is 0.286. The van der Waals surface area contributed by atoms with Crippen molar-refractivity contribution in [3.63, 3.8) is 0 Å². The summed E-state index contributed by atoms with van der Waals surface area (Å²) in [6.07, 6.45) is 0. The minimum absolute atomic E-state index is 0.133. The molecule has 1 N–H and O–H groups in total. The highest BCUT2D eigenvalue weighted by Gasteiger charge is 2.15. The van der Waals surface area contributed by atoms with Crippen LogP contribution in [-0.2, 0) is 6.61 Å². The molecule has 0 fully saturated rings. The molecule has 0 amide bonds. The van der Waals surface area contributed by atoms with Crippen LogP contribution >= 0.6 is 22.9 Å². The van der Waals surface area contributed by atoms with Gasteiger partial charge in [0.2, 0.25) is 0 Å². The zero-order valence-corrected chi connectivity index (χ0v) is 9.45. The first-order chi connectivity index (χ1) is 7.61. The molecule has 0 unspecified atom stereocenters. The van der Waals surface area contributed by atoms with Gasteiger partial charge in [-0.05, 0) is 12.1 Å². The summed E-state index contributed by atoms with van der Waals surface area (Å²) >= 11 is 6.74. The standard InChI is InChI=1S/C10H6ClF2NOS/c11-10-14-9(8(4-15)16-10)6-2-1-5(12)3-7(6)13/h1-3,15H,4H2. The lowest BCUT2D eigenvalue weighted by atomic mass is 10.1. The van der Waals surface area contributed by atoms with Gasteiger partial charge in [-0.2, -0.15) is 0 Å². The van der Waals surface area contributed by atoms with Gasteiger partial charge < -0.3 is 5.11 Å². The smallest absolute Gasteiger partial charge is 0.184 e. The van der Waals surface area contributed by atoms with Gasteiger partial charge in [0.1, 0.15) is 11.6 Å². The van der Waals surface area contributed by atoms with E-state index < -0.39 is 11.6 Å². The van der Waals surface area contributed by atoms with E-state index in [4.69, 9.17) is 16.7 Å². The van der Waals surface area contributed by atoms with Crippen molar-refractivity contribution in [2.75, 3.05) is 0 Å². The minimum atomic E-state index is -0.725. The summed E-state index contributed by atoms with van der Waals surface area (Å²) in [4.78, 5) is 4.36. The average molecular weight is 262 g/mol. The van der Waals surface area contributed by atoms with E-state index >= 15 is 0 Å². The number of aliphatic hydroxyl groups is 1. The minimum Gasteiger partial charge on any atom is -0.391 e. The third-order valence-corrected chi connectivity index (χ3v) is 3.15. The largest absolute Gasteiger partial charge is 0.391 e. The van der Waals surface area contributed by atoms with Crippen molar-refractivity contribution in [1.29, 1.82) is 0 Å². The molecule has 0 saturated heterocycles. The molecule has 1 aromatic heterocycles. The van der Waals surface area contributed by atoms with Gasteiger partial charge in [-0.25, -0.2) is 13.8 Å². The predicted octanol–water partition coefficient (Wildman–Crippen LogP) is 3.23. The molecule has 0 spiro atoms. The van der Waals surface area contributed by atoms with E-state index in [2.05, 4.69) is 4.98 Å². The Labute approximate surface area is 99.1 Å². The zero-order chi connectivity index (χ0) is 11.7. The lowest BCUT2D eigenvalue weighted by Crippen LogP contribution is -1.90. The quantitative estimate of drug-likeness (QED) is 0.900. The van der Waals surface area contributed by atoms with E-state index in [0.29, 0.717) is 4.88 Å². The van der Waals surface area contributed by atoms with Crippen LogP contribution in [0.5, 0.6) is 0 Å². The molecule has 2 nitrogen and oxygen atoms in total. The molecule has 2 aromatic rings. The van der Waals surface area contributed by atoms with E-state index in [0.717, 1.165) is 23.5 Å². The number of nitrogens with zero attached hydrogens (tertiary/aromatic N) is 1. The van der Waals surface area contributed by atoms with Gasteiger partial charge in [0.25, 0.3) is 0 Å². The fourth-order valence-corrected chi connectivity index (χ4v) is 2.34. The Morgan fingerprint density at radius 3 is 2.75 bits per heavy atom. The highest BCUT2D eigenvalue weighted by Crippen LogP contribution is 2.32. The molecule has 0 atom stereocenters. The summed E-state index contributed by atoms with van der Waals surface area (Å²) in [5.74, 6) is -1.38. The third kappa shape index (κ3) is 2.07. The number of rotatable bonds is 2. The molecule has 0 saturated carbocycles. The van der Waals surface area contributed by atoms with Crippen LogP contribution in [0.3, 0.4) is 0 Å². The van der Waals surface area contributed by atoms with Crippen molar-refractivity contribution < 1.29 is 13.9 Å². The molecule has 0 aliphatic rings. The maximum absolute atomic E-state index is 13.5. The van der Waals surface area contributed by atoms with Crippen molar-refractivity contribution in [3.05, 3.63) is 39.2 Å². The number of hydrogen-bond acceptors (Lipinski definition) is 3. The Bertz CT molecular complexity index is 530. The van der Waals surface area contributed by atoms with Gasteiger partial charge in [0.15, 0.2) is 4.47 Å². The van der Waals surface area contributed by atoms with Crippen LogP contribution in [0.15, 0.2) is 18.2 Å². The van der Waals surface area contributed by atoms with Crippen LogP contribution in [0.25, 0.3) is 11.3 Å². The molecule has 84 valence electrons. The Morgan fingerprint density at radius 2 is 2.12 bits per heavy atom. The summed E-state index contributed by atoms with van der Waals surface area (Å²) in [5.41, 5.74) is 0.392. The van der Waals surface area contributed by atoms with E-state index in [-0.39, 0.29) is 22.3 Å². The molecule has 0 bridgehead atoms. The molecule has 16 heavy (non-hydrogen) atoms. The summed E-state index contributed by atoms with van der Waals surface area (Å²) in [6, 6.07) is 3.17. The van der Waals surface area contributed by atoms with Crippen LogP contribution < -0.4 is 0 Å². The molecule has 1 aromatic carbocycles. The first-order valence-corrected chi connectivity index (χ1v) is 5.52. The van der Waals surface area contributed by atoms with Gasteiger partial charge in [0, 0.05) is 11.6 Å². The second-order valence-corrected chi connectivity index (χ2v) is 4.69. The van der Waals surface area contributed by atoms with E-state index in [1.54, 1.807) is 0 Å². The number of aromatic nitrogens is 1. The van der Waals surface area contributed by atoms with Crippen LogP contribution in [0.2, 0.25) is 4.47 Å². The van der Waals surface area contributed by atoms with E-state index in [1.807, 2.05) is 0 Å². The van der Waals surface area contributed by atoms with E-state index in [9.17, 15) is 8.78 Å². The summed E-state index contributed by atoms with van der Waals surface area (Å²) in [7, 11) is 0. The maximum Gasteiger partial charge on any atom is 0.184 e. The monoisotopic (exact) mass is 261 g/mol.